The fraction of sp³-hybridized carbons (Fsp3) is 0.667. The van der Waals surface area contributed by atoms with E-state index in [1.165, 1.54) is 0 Å². The molecule has 0 aromatic rings. The summed E-state index contributed by atoms with van der Waals surface area (Å²) in [6.45, 7) is 6.77. The SMILES string of the molecule is CCOC(=O)CC(=O)NCC/C=C/C(C)C. The molecule has 0 aliphatic carbocycles. The van der Waals surface area contributed by atoms with Gasteiger partial charge in [0.25, 0.3) is 0 Å². The van der Waals surface area contributed by atoms with Gasteiger partial charge in [-0.05, 0) is 19.3 Å². The first-order valence-corrected chi connectivity index (χ1v) is 5.65. The maximum Gasteiger partial charge on any atom is 0.315 e. The van der Waals surface area contributed by atoms with E-state index in [9.17, 15) is 9.59 Å². The molecule has 92 valence electrons. The predicted octanol–water partition coefficient (Wildman–Crippen LogP) is 1.66. The Hall–Kier alpha value is -1.32. The summed E-state index contributed by atoms with van der Waals surface area (Å²) in [5, 5.41) is 2.65. The summed E-state index contributed by atoms with van der Waals surface area (Å²) >= 11 is 0. The van der Waals surface area contributed by atoms with E-state index in [0.717, 1.165) is 6.42 Å². The minimum Gasteiger partial charge on any atom is -0.466 e. The number of hydrogen-bond acceptors (Lipinski definition) is 3. The number of amides is 1. The number of nitrogens with one attached hydrogen (secondary N) is 1. The quantitative estimate of drug-likeness (QED) is 0.311. The van der Waals surface area contributed by atoms with Gasteiger partial charge in [0.05, 0.1) is 6.61 Å². The highest BCUT2D eigenvalue weighted by molar-refractivity contribution is 5.94. The van der Waals surface area contributed by atoms with Crippen LogP contribution in [0.3, 0.4) is 0 Å². The molecule has 16 heavy (non-hydrogen) atoms. The van der Waals surface area contributed by atoms with Crippen molar-refractivity contribution in [2.75, 3.05) is 13.2 Å². The van der Waals surface area contributed by atoms with Crippen molar-refractivity contribution < 1.29 is 14.3 Å². The van der Waals surface area contributed by atoms with Crippen LogP contribution in [0.1, 0.15) is 33.6 Å². The Balaban J connectivity index is 3.55. The van der Waals surface area contributed by atoms with E-state index in [-0.39, 0.29) is 12.3 Å². The van der Waals surface area contributed by atoms with Crippen LogP contribution < -0.4 is 5.32 Å². The van der Waals surface area contributed by atoms with Crippen LogP contribution in [0, 0.1) is 5.92 Å². The number of ether oxygens (including phenoxy) is 1. The highest BCUT2D eigenvalue weighted by Gasteiger charge is 2.08. The summed E-state index contributed by atoms with van der Waals surface area (Å²) in [4.78, 5) is 22.1. The normalized spacial score (nSPS) is 10.8. The second-order valence-corrected chi connectivity index (χ2v) is 3.79. The summed E-state index contributed by atoms with van der Waals surface area (Å²) < 4.78 is 4.66. The third-order valence-electron chi connectivity index (χ3n) is 1.76. The van der Waals surface area contributed by atoms with Gasteiger partial charge >= 0.3 is 5.97 Å². The lowest BCUT2D eigenvalue weighted by molar-refractivity contribution is -0.145. The largest absolute Gasteiger partial charge is 0.466 e. The molecular weight excluding hydrogens is 206 g/mol. The third-order valence-corrected chi connectivity index (χ3v) is 1.76. The van der Waals surface area contributed by atoms with Crippen LogP contribution in [0.25, 0.3) is 0 Å². The molecule has 4 nitrogen and oxygen atoms in total. The Kier molecular flexibility index (Phi) is 8.21. The highest BCUT2D eigenvalue weighted by atomic mass is 16.5. The van der Waals surface area contributed by atoms with Crippen molar-refractivity contribution in [3.8, 4) is 0 Å². The molecule has 0 aliphatic rings. The summed E-state index contributed by atoms with van der Waals surface area (Å²) in [5.74, 6) is -0.232. The molecule has 0 saturated heterocycles. The number of carbonyl (C=O) groups excluding carboxylic acids is 2. The van der Waals surface area contributed by atoms with Gasteiger partial charge in [-0.2, -0.15) is 0 Å². The van der Waals surface area contributed by atoms with Crippen molar-refractivity contribution in [1.82, 2.24) is 5.32 Å². The molecule has 0 rings (SSSR count). The topological polar surface area (TPSA) is 55.4 Å². The number of hydrogen-bond donors (Lipinski definition) is 1. The standard InChI is InChI=1S/C12H21NO3/c1-4-16-12(15)9-11(14)13-8-6-5-7-10(2)3/h5,7,10H,4,6,8-9H2,1-3H3,(H,13,14)/b7-5+. The lowest BCUT2D eigenvalue weighted by Gasteiger charge is -2.03. The first-order valence-electron chi connectivity index (χ1n) is 5.65. The van der Waals surface area contributed by atoms with E-state index in [4.69, 9.17) is 0 Å². The lowest BCUT2D eigenvalue weighted by atomic mass is 10.2. The van der Waals surface area contributed by atoms with Crippen molar-refractivity contribution in [2.45, 2.75) is 33.6 Å². The number of esters is 1. The van der Waals surface area contributed by atoms with Crippen molar-refractivity contribution in [1.29, 1.82) is 0 Å². The van der Waals surface area contributed by atoms with Gasteiger partial charge in [0.2, 0.25) is 5.91 Å². The van der Waals surface area contributed by atoms with Gasteiger partial charge in [-0.25, -0.2) is 0 Å². The Morgan fingerprint density at radius 2 is 2.06 bits per heavy atom. The van der Waals surface area contributed by atoms with Gasteiger partial charge in [-0.1, -0.05) is 26.0 Å². The molecule has 0 atom stereocenters. The van der Waals surface area contributed by atoms with Gasteiger partial charge in [0.15, 0.2) is 0 Å². The maximum absolute atomic E-state index is 11.2. The third kappa shape index (κ3) is 9.24. The van der Waals surface area contributed by atoms with Crippen LogP contribution in [-0.4, -0.2) is 25.0 Å². The van der Waals surface area contributed by atoms with Crippen molar-refractivity contribution in [3.05, 3.63) is 12.2 Å². The fourth-order valence-corrected chi connectivity index (χ4v) is 1.07. The van der Waals surface area contributed by atoms with E-state index >= 15 is 0 Å². The van der Waals surface area contributed by atoms with Crippen LogP contribution in [0.5, 0.6) is 0 Å². The number of carbonyl (C=O) groups is 2. The smallest absolute Gasteiger partial charge is 0.315 e. The van der Waals surface area contributed by atoms with Crippen LogP contribution in [0.2, 0.25) is 0 Å². The Bertz CT molecular complexity index is 247. The Labute approximate surface area is 97.1 Å². The van der Waals surface area contributed by atoms with Crippen molar-refractivity contribution in [3.63, 3.8) is 0 Å². The van der Waals surface area contributed by atoms with Crippen molar-refractivity contribution in [2.24, 2.45) is 5.92 Å². The molecule has 0 heterocycles. The Morgan fingerprint density at radius 3 is 2.62 bits per heavy atom. The molecule has 0 fully saturated rings. The van der Waals surface area contributed by atoms with Crippen LogP contribution >= 0.6 is 0 Å². The molecule has 4 heteroatoms. The molecule has 0 aromatic carbocycles. The summed E-state index contributed by atoms with van der Waals surface area (Å²) in [6.07, 6.45) is 4.70. The summed E-state index contributed by atoms with van der Waals surface area (Å²) in [5.41, 5.74) is 0. The van der Waals surface area contributed by atoms with Crippen LogP contribution in [0.15, 0.2) is 12.2 Å². The Morgan fingerprint density at radius 1 is 1.38 bits per heavy atom. The van der Waals surface area contributed by atoms with E-state index in [1.54, 1.807) is 6.92 Å². The maximum atomic E-state index is 11.2. The molecule has 0 spiro atoms. The first kappa shape index (κ1) is 14.7. The van der Waals surface area contributed by atoms with Gasteiger partial charge < -0.3 is 10.1 Å². The van der Waals surface area contributed by atoms with E-state index in [0.29, 0.717) is 19.1 Å². The molecule has 0 radical (unpaired) electrons. The highest BCUT2D eigenvalue weighted by Crippen LogP contribution is 1.94. The molecule has 0 unspecified atom stereocenters. The first-order chi connectivity index (χ1) is 7.56. The number of allylic oxidation sites excluding steroid dienone is 1. The van der Waals surface area contributed by atoms with Gasteiger partial charge in [-0.3, -0.25) is 9.59 Å². The van der Waals surface area contributed by atoms with E-state index < -0.39 is 5.97 Å². The summed E-state index contributed by atoms with van der Waals surface area (Å²) in [7, 11) is 0. The molecule has 0 saturated carbocycles. The van der Waals surface area contributed by atoms with E-state index in [2.05, 4.69) is 30.0 Å². The second-order valence-electron chi connectivity index (χ2n) is 3.79. The molecule has 1 N–H and O–H groups in total. The van der Waals surface area contributed by atoms with Gasteiger partial charge in [-0.15, -0.1) is 0 Å². The van der Waals surface area contributed by atoms with E-state index in [1.807, 2.05) is 6.08 Å². The zero-order valence-corrected chi connectivity index (χ0v) is 10.3. The molecule has 1 amide bonds. The molecule has 0 bridgehead atoms. The zero-order valence-electron chi connectivity index (χ0n) is 10.3. The second kappa shape index (κ2) is 8.95. The van der Waals surface area contributed by atoms with Gasteiger partial charge in [0, 0.05) is 6.54 Å². The predicted molar refractivity (Wildman–Crippen MR) is 62.9 cm³/mol. The molecule has 0 aromatic heterocycles. The van der Waals surface area contributed by atoms with Crippen LogP contribution in [0.4, 0.5) is 0 Å². The average Bonchev–Trinajstić information content (AvgIpc) is 2.16. The molecule has 0 aliphatic heterocycles. The van der Waals surface area contributed by atoms with Gasteiger partial charge in [0.1, 0.15) is 6.42 Å². The number of rotatable bonds is 7. The lowest BCUT2D eigenvalue weighted by Crippen LogP contribution is -2.27. The fourth-order valence-electron chi connectivity index (χ4n) is 1.07. The zero-order chi connectivity index (χ0) is 12.4. The average molecular weight is 227 g/mol. The minimum absolute atomic E-state index is 0.193. The minimum atomic E-state index is -0.474. The summed E-state index contributed by atoms with van der Waals surface area (Å²) in [6, 6.07) is 0. The van der Waals surface area contributed by atoms with Crippen molar-refractivity contribution >= 4 is 11.9 Å². The molecular formula is C12H21NO3. The van der Waals surface area contributed by atoms with Crippen LogP contribution in [-0.2, 0) is 14.3 Å². The monoisotopic (exact) mass is 227 g/mol.